The summed E-state index contributed by atoms with van der Waals surface area (Å²) in [6, 6.07) is 6.79. The molecule has 0 unspecified atom stereocenters. The van der Waals surface area contributed by atoms with E-state index >= 15 is 0 Å². The Morgan fingerprint density at radius 3 is 2.12 bits per heavy atom. The van der Waals surface area contributed by atoms with Gasteiger partial charge in [-0.05, 0) is 49.6 Å². The van der Waals surface area contributed by atoms with Crippen LogP contribution in [-0.2, 0) is 9.59 Å². The zero-order valence-corrected chi connectivity index (χ0v) is 15.8. The number of anilines is 2. The minimum atomic E-state index is -0.837. The van der Waals surface area contributed by atoms with Crippen LogP contribution in [0.25, 0.3) is 0 Å². The van der Waals surface area contributed by atoms with Gasteiger partial charge in [0.2, 0.25) is 0 Å². The van der Waals surface area contributed by atoms with Gasteiger partial charge in [0.05, 0.1) is 23.5 Å². The van der Waals surface area contributed by atoms with Crippen molar-refractivity contribution >= 4 is 46.4 Å². The van der Waals surface area contributed by atoms with E-state index in [0.717, 1.165) is 16.7 Å². The number of aryl methyl sites for hydroxylation is 3. The highest BCUT2D eigenvalue weighted by atomic mass is 35.5. The van der Waals surface area contributed by atoms with Crippen molar-refractivity contribution in [1.29, 1.82) is 0 Å². The van der Waals surface area contributed by atoms with E-state index < -0.39 is 11.8 Å². The van der Waals surface area contributed by atoms with Gasteiger partial charge in [0.15, 0.2) is 0 Å². The van der Waals surface area contributed by atoms with Crippen molar-refractivity contribution in [3.63, 3.8) is 0 Å². The summed E-state index contributed by atoms with van der Waals surface area (Å²) in [5.74, 6) is -1.30. The SMILES string of the molecule is COc1cc(Cl)c(C)cc1NC(=O)C(=O)Nc1c(C)cc(C)cc1Cl. The van der Waals surface area contributed by atoms with Crippen molar-refractivity contribution in [3.8, 4) is 5.75 Å². The number of carbonyl (C=O) groups excluding carboxylic acids is 2. The third-order valence-electron chi connectivity index (χ3n) is 3.61. The van der Waals surface area contributed by atoms with Crippen molar-refractivity contribution in [2.24, 2.45) is 0 Å². The minimum absolute atomic E-state index is 0.358. The second-order valence-corrected chi connectivity index (χ2v) is 6.46. The average molecular weight is 381 g/mol. The average Bonchev–Trinajstić information content (AvgIpc) is 2.53. The molecule has 5 nitrogen and oxygen atoms in total. The lowest BCUT2D eigenvalue weighted by Crippen LogP contribution is -2.29. The predicted molar refractivity (Wildman–Crippen MR) is 101 cm³/mol. The molecule has 2 aromatic rings. The van der Waals surface area contributed by atoms with Crippen LogP contribution < -0.4 is 15.4 Å². The normalized spacial score (nSPS) is 10.3. The Labute approximate surface area is 156 Å². The molecule has 0 bridgehead atoms. The number of benzene rings is 2. The fraction of sp³-hybridized carbons (Fsp3) is 0.222. The van der Waals surface area contributed by atoms with Crippen molar-refractivity contribution in [2.75, 3.05) is 17.7 Å². The summed E-state index contributed by atoms with van der Waals surface area (Å²) in [7, 11) is 1.45. The summed E-state index contributed by atoms with van der Waals surface area (Å²) in [4.78, 5) is 24.4. The molecular formula is C18H18Cl2N2O3. The number of methoxy groups -OCH3 is 1. The molecule has 0 fully saturated rings. The van der Waals surface area contributed by atoms with Crippen molar-refractivity contribution in [3.05, 3.63) is 51.0 Å². The third-order valence-corrected chi connectivity index (χ3v) is 4.31. The van der Waals surface area contributed by atoms with Crippen LogP contribution in [0.5, 0.6) is 5.75 Å². The first-order chi connectivity index (χ1) is 11.7. The number of amides is 2. The Hall–Kier alpha value is -2.24. The highest BCUT2D eigenvalue weighted by molar-refractivity contribution is 6.45. The van der Waals surface area contributed by atoms with Gasteiger partial charge in [-0.25, -0.2) is 0 Å². The van der Waals surface area contributed by atoms with E-state index in [2.05, 4.69) is 10.6 Å². The maximum Gasteiger partial charge on any atom is 0.314 e. The Kier molecular flexibility index (Phi) is 5.93. The molecule has 0 saturated heterocycles. The van der Waals surface area contributed by atoms with Crippen LogP contribution in [0.4, 0.5) is 11.4 Å². The number of halogens is 2. The maximum absolute atomic E-state index is 12.2. The molecule has 7 heteroatoms. The van der Waals surface area contributed by atoms with Gasteiger partial charge >= 0.3 is 11.8 Å². The molecule has 0 heterocycles. The molecule has 0 spiro atoms. The summed E-state index contributed by atoms with van der Waals surface area (Å²) in [5.41, 5.74) is 3.25. The van der Waals surface area contributed by atoms with E-state index in [1.807, 2.05) is 13.0 Å². The second-order valence-electron chi connectivity index (χ2n) is 5.65. The van der Waals surface area contributed by atoms with E-state index in [4.69, 9.17) is 27.9 Å². The fourth-order valence-corrected chi connectivity index (χ4v) is 2.88. The predicted octanol–water partition coefficient (Wildman–Crippen LogP) is 4.50. The molecule has 2 N–H and O–H groups in total. The first kappa shape index (κ1) is 19.1. The molecule has 132 valence electrons. The van der Waals surface area contributed by atoms with E-state index in [-0.39, 0.29) is 0 Å². The second kappa shape index (κ2) is 7.76. The molecule has 0 aliphatic rings. The molecule has 0 atom stereocenters. The summed E-state index contributed by atoms with van der Waals surface area (Å²) >= 11 is 12.2. The first-order valence-electron chi connectivity index (χ1n) is 7.46. The molecule has 0 aliphatic carbocycles. The summed E-state index contributed by atoms with van der Waals surface area (Å²) in [5, 5.41) is 5.94. The Morgan fingerprint density at radius 1 is 0.880 bits per heavy atom. The van der Waals surface area contributed by atoms with Gasteiger partial charge in [-0.15, -0.1) is 0 Å². The Bertz CT molecular complexity index is 827. The lowest BCUT2D eigenvalue weighted by atomic mass is 10.1. The molecule has 0 radical (unpaired) electrons. The monoisotopic (exact) mass is 380 g/mol. The lowest BCUT2D eigenvalue weighted by molar-refractivity contribution is -0.133. The largest absolute Gasteiger partial charge is 0.495 e. The Balaban J connectivity index is 2.20. The van der Waals surface area contributed by atoms with Crippen LogP contribution in [0.15, 0.2) is 24.3 Å². The Morgan fingerprint density at radius 2 is 1.52 bits per heavy atom. The van der Waals surface area contributed by atoms with Gasteiger partial charge < -0.3 is 15.4 Å². The van der Waals surface area contributed by atoms with E-state index in [0.29, 0.717) is 27.2 Å². The maximum atomic E-state index is 12.2. The molecule has 0 aliphatic heterocycles. The van der Waals surface area contributed by atoms with Crippen molar-refractivity contribution < 1.29 is 14.3 Å². The molecular weight excluding hydrogens is 363 g/mol. The highest BCUT2D eigenvalue weighted by Gasteiger charge is 2.19. The van der Waals surface area contributed by atoms with Gasteiger partial charge in [0, 0.05) is 11.1 Å². The highest BCUT2D eigenvalue weighted by Crippen LogP contribution is 2.31. The van der Waals surface area contributed by atoms with Crippen LogP contribution in [-0.4, -0.2) is 18.9 Å². The molecule has 0 saturated carbocycles. The molecule has 2 amide bonds. The van der Waals surface area contributed by atoms with Crippen molar-refractivity contribution in [1.82, 2.24) is 0 Å². The lowest BCUT2D eigenvalue weighted by Gasteiger charge is -2.14. The van der Waals surface area contributed by atoms with Gasteiger partial charge in [-0.3, -0.25) is 9.59 Å². The number of ether oxygens (including phenoxy) is 1. The van der Waals surface area contributed by atoms with Crippen molar-refractivity contribution in [2.45, 2.75) is 20.8 Å². The third kappa shape index (κ3) is 4.44. The van der Waals surface area contributed by atoms with E-state index in [1.165, 1.54) is 7.11 Å². The van der Waals surface area contributed by atoms with Gasteiger partial charge in [0.1, 0.15) is 5.75 Å². The van der Waals surface area contributed by atoms with Gasteiger partial charge in [-0.1, -0.05) is 29.3 Å². The first-order valence-corrected chi connectivity index (χ1v) is 8.21. The van der Waals surface area contributed by atoms with Gasteiger partial charge in [0.25, 0.3) is 0 Å². The van der Waals surface area contributed by atoms with Crippen LogP contribution in [0.3, 0.4) is 0 Å². The summed E-state index contributed by atoms with van der Waals surface area (Å²) in [6.07, 6.45) is 0. The number of nitrogens with one attached hydrogen (secondary N) is 2. The summed E-state index contributed by atoms with van der Waals surface area (Å²) in [6.45, 7) is 5.48. The minimum Gasteiger partial charge on any atom is -0.495 e. The molecule has 2 rings (SSSR count). The van der Waals surface area contributed by atoms with Crippen LogP contribution in [0, 0.1) is 20.8 Å². The van der Waals surface area contributed by atoms with E-state index in [1.54, 1.807) is 32.0 Å². The molecule has 25 heavy (non-hydrogen) atoms. The number of hydrogen-bond donors (Lipinski definition) is 2. The van der Waals surface area contributed by atoms with Crippen LogP contribution in [0.1, 0.15) is 16.7 Å². The number of rotatable bonds is 3. The molecule has 2 aromatic carbocycles. The quantitative estimate of drug-likeness (QED) is 0.769. The van der Waals surface area contributed by atoms with Crippen LogP contribution >= 0.6 is 23.2 Å². The number of hydrogen-bond acceptors (Lipinski definition) is 3. The molecule has 0 aromatic heterocycles. The van der Waals surface area contributed by atoms with E-state index in [9.17, 15) is 9.59 Å². The summed E-state index contributed by atoms with van der Waals surface area (Å²) < 4.78 is 5.18. The van der Waals surface area contributed by atoms with Crippen LogP contribution in [0.2, 0.25) is 10.0 Å². The zero-order chi connectivity index (χ0) is 18.7. The standard InChI is InChI=1S/C18H18Cl2N2O3/c1-9-5-11(3)16(13(20)6-9)22-18(24)17(23)21-14-7-10(2)12(19)8-15(14)25-4/h5-8H,1-4H3,(H,21,23)(H,22,24). The topological polar surface area (TPSA) is 67.4 Å². The fourth-order valence-electron chi connectivity index (χ4n) is 2.35. The smallest absolute Gasteiger partial charge is 0.314 e. The number of carbonyl (C=O) groups is 2. The zero-order valence-electron chi connectivity index (χ0n) is 14.3. The van der Waals surface area contributed by atoms with Gasteiger partial charge in [-0.2, -0.15) is 0 Å².